The van der Waals surface area contributed by atoms with Crippen molar-refractivity contribution < 1.29 is 9.59 Å². The number of nitriles is 1. The second-order valence-electron chi connectivity index (χ2n) is 2.58. The van der Waals surface area contributed by atoms with Crippen LogP contribution in [0.5, 0.6) is 0 Å². The van der Waals surface area contributed by atoms with Crippen LogP contribution in [0.2, 0.25) is 0 Å². The first kappa shape index (κ1) is 9.86. The molecule has 70 valence electrons. The Labute approximate surface area is 80.4 Å². The van der Waals surface area contributed by atoms with Gasteiger partial charge in [0.2, 0.25) is 5.91 Å². The van der Waals surface area contributed by atoms with Crippen LogP contribution in [-0.2, 0) is 4.79 Å². The van der Waals surface area contributed by atoms with Crippen molar-refractivity contribution in [2.24, 2.45) is 0 Å². The van der Waals surface area contributed by atoms with Gasteiger partial charge in [-0.2, -0.15) is 5.26 Å². The molecule has 1 N–H and O–H groups in total. The van der Waals surface area contributed by atoms with E-state index in [9.17, 15) is 9.59 Å². The predicted octanol–water partition coefficient (Wildman–Crippen LogP) is 0.724. The molecule has 0 bridgehead atoms. The first-order valence-electron chi connectivity index (χ1n) is 3.80. The highest BCUT2D eigenvalue weighted by atomic mass is 16.1. The standard InChI is InChI=1S/C9H7N3O2/c1-6(14)11-7-2-8(4-10)12-9(3-7)5-13/h2-3,5H,1H3,(H,11,12,14). The number of rotatable bonds is 2. The number of aldehydes is 1. The summed E-state index contributed by atoms with van der Waals surface area (Å²) in [5.74, 6) is -0.267. The molecule has 0 aliphatic rings. The van der Waals surface area contributed by atoms with Crippen LogP contribution in [0.25, 0.3) is 0 Å². The molecule has 0 unspecified atom stereocenters. The van der Waals surface area contributed by atoms with E-state index in [0.717, 1.165) is 0 Å². The van der Waals surface area contributed by atoms with Crippen LogP contribution in [0.1, 0.15) is 23.1 Å². The van der Waals surface area contributed by atoms with Crippen molar-refractivity contribution in [1.29, 1.82) is 5.26 Å². The molecular weight excluding hydrogens is 182 g/mol. The minimum atomic E-state index is -0.267. The summed E-state index contributed by atoms with van der Waals surface area (Å²) < 4.78 is 0. The molecule has 0 aliphatic carbocycles. The third kappa shape index (κ3) is 2.38. The number of amides is 1. The predicted molar refractivity (Wildman–Crippen MR) is 48.6 cm³/mol. The van der Waals surface area contributed by atoms with Crippen LogP contribution in [0, 0.1) is 11.3 Å². The highest BCUT2D eigenvalue weighted by Gasteiger charge is 2.02. The lowest BCUT2D eigenvalue weighted by Gasteiger charge is -2.02. The Morgan fingerprint density at radius 1 is 1.64 bits per heavy atom. The summed E-state index contributed by atoms with van der Waals surface area (Å²) >= 11 is 0. The van der Waals surface area contributed by atoms with Crippen LogP contribution < -0.4 is 5.32 Å². The monoisotopic (exact) mass is 189 g/mol. The summed E-state index contributed by atoms with van der Waals surface area (Å²) in [6.45, 7) is 1.34. The highest BCUT2D eigenvalue weighted by Crippen LogP contribution is 2.09. The minimum Gasteiger partial charge on any atom is -0.326 e. The van der Waals surface area contributed by atoms with Crippen molar-refractivity contribution in [3.8, 4) is 6.07 Å². The maximum Gasteiger partial charge on any atom is 0.221 e. The highest BCUT2D eigenvalue weighted by molar-refractivity contribution is 5.89. The van der Waals surface area contributed by atoms with Crippen molar-refractivity contribution in [3.63, 3.8) is 0 Å². The average Bonchev–Trinajstić information content (AvgIpc) is 2.16. The molecule has 0 fully saturated rings. The van der Waals surface area contributed by atoms with Gasteiger partial charge in [0.05, 0.1) is 0 Å². The first-order valence-corrected chi connectivity index (χ1v) is 3.80. The van der Waals surface area contributed by atoms with E-state index in [0.29, 0.717) is 12.0 Å². The van der Waals surface area contributed by atoms with Crippen LogP contribution in [0.3, 0.4) is 0 Å². The molecule has 1 rings (SSSR count). The Balaban J connectivity index is 3.12. The maximum absolute atomic E-state index is 10.7. The molecular formula is C9H7N3O2. The summed E-state index contributed by atoms with van der Waals surface area (Å²) in [7, 11) is 0. The number of nitrogens with zero attached hydrogens (tertiary/aromatic N) is 2. The van der Waals surface area contributed by atoms with Crippen LogP contribution in [0.15, 0.2) is 12.1 Å². The summed E-state index contributed by atoms with van der Waals surface area (Å²) in [6, 6.07) is 4.59. The van der Waals surface area contributed by atoms with Gasteiger partial charge in [-0.25, -0.2) is 4.98 Å². The van der Waals surface area contributed by atoms with E-state index in [2.05, 4.69) is 10.3 Å². The summed E-state index contributed by atoms with van der Waals surface area (Å²) in [5.41, 5.74) is 0.609. The molecule has 5 nitrogen and oxygen atoms in total. The molecule has 5 heteroatoms. The number of anilines is 1. The lowest BCUT2D eigenvalue weighted by Crippen LogP contribution is -2.07. The molecule has 1 heterocycles. The number of aromatic nitrogens is 1. The Hall–Kier alpha value is -2.22. The van der Waals surface area contributed by atoms with Crippen molar-refractivity contribution in [3.05, 3.63) is 23.5 Å². The zero-order valence-corrected chi connectivity index (χ0v) is 7.44. The molecule has 14 heavy (non-hydrogen) atoms. The third-order valence-corrected chi connectivity index (χ3v) is 1.40. The van der Waals surface area contributed by atoms with Gasteiger partial charge in [0.15, 0.2) is 6.29 Å². The largest absolute Gasteiger partial charge is 0.326 e. The zero-order chi connectivity index (χ0) is 10.6. The number of carbonyl (C=O) groups is 2. The maximum atomic E-state index is 10.7. The van der Waals surface area contributed by atoms with E-state index < -0.39 is 0 Å². The van der Waals surface area contributed by atoms with E-state index in [4.69, 9.17) is 5.26 Å². The summed E-state index contributed by atoms with van der Waals surface area (Å²) in [4.78, 5) is 24.8. The Bertz CT molecular complexity index is 421. The minimum absolute atomic E-state index is 0.0957. The van der Waals surface area contributed by atoms with E-state index >= 15 is 0 Å². The fraction of sp³-hybridized carbons (Fsp3) is 0.111. The van der Waals surface area contributed by atoms with Crippen LogP contribution in [-0.4, -0.2) is 17.2 Å². The van der Waals surface area contributed by atoms with E-state index in [1.165, 1.54) is 19.1 Å². The SMILES string of the molecule is CC(=O)Nc1cc(C#N)nc(C=O)c1. The average molecular weight is 189 g/mol. The molecule has 0 saturated heterocycles. The topological polar surface area (TPSA) is 82.8 Å². The lowest BCUT2D eigenvalue weighted by atomic mass is 10.2. The Kier molecular flexibility index (Phi) is 2.92. The number of carbonyl (C=O) groups excluding carboxylic acids is 2. The number of hydrogen-bond donors (Lipinski definition) is 1. The molecule has 1 amide bonds. The van der Waals surface area contributed by atoms with Gasteiger partial charge in [0.25, 0.3) is 0 Å². The van der Waals surface area contributed by atoms with Crippen LogP contribution >= 0.6 is 0 Å². The fourth-order valence-electron chi connectivity index (χ4n) is 0.945. The molecule has 1 aromatic rings. The second kappa shape index (κ2) is 4.14. The molecule has 0 aromatic carbocycles. The summed E-state index contributed by atoms with van der Waals surface area (Å²) in [5, 5.41) is 11.0. The molecule has 0 saturated carbocycles. The van der Waals surface area contributed by atoms with Gasteiger partial charge in [-0.1, -0.05) is 0 Å². The first-order chi connectivity index (χ1) is 6.65. The lowest BCUT2D eigenvalue weighted by molar-refractivity contribution is -0.114. The molecule has 0 aliphatic heterocycles. The normalized spacial score (nSPS) is 8.86. The number of nitrogens with one attached hydrogen (secondary N) is 1. The Morgan fingerprint density at radius 3 is 2.86 bits per heavy atom. The molecule has 0 radical (unpaired) electrons. The van der Waals surface area contributed by atoms with Gasteiger partial charge in [-0.3, -0.25) is 9.59 Å². The summed E-state index contributed by atoms with van der Waals surface area (Å²) in [6.07, 6.45) is 0.520. The van der Waals surface area contributed by atoms with E-state index in [-0.39, 0.29) is 17.3 Å². The zero-order valence-electron chi connectivity index (χ0n) is 7.44. The van der Waals surface area contributed by atoms with Gasteiger partial charge in [-0.05, 0) is 12.1 Å². The van der Waals surface area contributed by atoms with Gasteiger partial charge < -0.3 is 5.32 Å². The number of hydrogen-bond acceptors (Lipinski definition) is 4. The van der Waals surface area contributed by atoms with Crippen molar-refractivity contribution in [1.82, 2.24) is 4.98 Å². The van der Waals surface area contributed by atoms with E-state index in [1.54, 1.807) is 6.07 Å². The van der Waals surface area contributed by atoms with E-state index in [1.807, 2.05) is 0 Å². The van der Waals surface area contributed by atoms with Gasteiger partial charge in [-0.15, -0.1) is 0 Å². The van der Waals surface area contributed by atoms with Gasteiger partial charge in [0.1, 0.15) is 17.5 Å². The molecule has 1 aromatic heterocycles. The van der Waals surface area contributed by atoms with Crippen molar-refractivity contribution >= 4 is 17.9 Å². The second-order valence-corrected chi connectivity index (χ2v) is 2.58. The van der Waals surface area contributed by atoms with Crippen LogP contribution in [0.4, 0.5) is 5.69 Å². The number of pyridine rings is 1. The quantitative estimate of drug-likeness (QED) is 0.695. The Morgan fingerprint density at radius 2 is 2.36 bits per heavy atom. The fourth-order valence-corrected chi connectivity index (χ4v) is 0.945. The van der Waals surface area contributed by atoms with Crippen molar-refractivity contribution in [2.45, 2.75) is 6.92 Å². The smallest absolute Gasteiger partial charge is 0.221 e. The van der Waals surface area contributed by atoms with Gasteiger partial charge >= 0.3 is 0 Å². The van der Waals surface area contributed by atoms with Crippen molar-refractivity contribution in [2.75, 3.05) is 5.32 Å². The third-order valence-electron chi connectivity index (χ3n) is 1.40. The molecule has 0 spiro atoms. The molecule has 0 atom stereocenters. The van der Waals surface area contributed by atoms with Gasteiger partial charge in [0, 0.05) is 12.6 Å².